The van der Waals surface area contributed by atoms with Crippen LogP contribution in [0, 0.1) is 6.92 Å². The molecule has 0 unspecified atom stereocenters. The smallest absolute Gasteiger partial charge is 0.233 e. The summed E-state index contributed by atoms with van der Waals surface area (Å²) in [5, 5.41) is 11.1. The number of sulfonamides is 1. The van der Waals surface area contributed by atoms with Crippen molar-refractivity contribution in [3.8, 4) is 0 Å². The molecule has 0 atom stereocenters. The first-order chi connectivity index (χ1) is 10.9. The first kappa shape index (κ1) is 17.7. The highest BCUT2D eigenvalue weighted by Crippen LogP contribution is 2.23. The van der Waals surface area contributed by atoms with E-state index in [-0.39, 0.29) is 11.6 Å². The lowest BCUT2D eigenvalue weighted by Crippen LogP contribution is -2.17. The van der Waals surface area contributed by atoms with E-state index in [0.29, 0.717) is 12.2 Å². The van der Waals surface area contributed by atoms with Crippen molar-refractivity contribution in [3.63, 3.8) is 0 Å². The third kappa shape index (κ3) is 5.47. The van der Waals surface area contributed by atoms with Gasteiger partial charge in [0, 0.05) is 10.2 Å². The molecule has 8 heteroatoms. The number of hydrogen-bond acceptors (Lipinski definition) is 5. The molecule has 0 saturated carbocycles. The standard InChI is InChI=1S/C15H19BrN4O2S/c1-3-4-9-23(21,22)20-15-8-7-14(18-19-15)17-13-6-5-12(16)10-11(13)2/h5-8,10H,3-4,9H2,1-2H3,(H,17,18)(H,19,20). The summed E-state index contributed by atoms with van der Waals surface area (Å²) in [6, 6.07) is 9.13. The second-order valence-electron chi connectivity index (χ2n) is 5.16. The second kappa shape index (κ2) is 7.74. The van der Waals surface area contributed by atoms with Gasteiger partial charge in [0.05, 0.1) is 5.75 Å². The Morgan fingerprint density at radius 3 is 2.43 bits per heavy atom. The van der Waals surface area contributed by atoms with Crippen molar-refractivity contribution in [2.75, 3.05) is 15.8 Å². The van der Waals surface area contributed by atoms with Crippen molar-refractivity contribution < 1.29 is 8.42 Å². The molecule has 0 aliphatic heterocycles. The van der Waals surface area contributed by atoms with Crippen molar-refractivity contribution in [1.82, 2.24) is 10.2 Å². The summed E-state index contributed by atoms with van der Waals surface area (Å²) in [4.78, 5) is 0. The molecule has 6 nitrogen and oxygen atoms in total. The molecule has 1 aromatic heterocycles. The summed E-state index contributed by atoms with van der Waals surface area (Å²) in [6.07, 6.45) is 1.44. The molecule has 0 amide bonds. The maximum atomic E-state index is 11.8. The maximum Gasteiger partial charge on any atom is 0.233 e. The van der Waals surface area contributed by atoms with Crippen LogP contribution in [0.5, 0.6) is 0 Å². The van der Waals surface area contributed by atoms with Crippen LogP contribution in [0.25, 0.3) is 0 Å². The Morgan fingerprint density at radius 1 is 1.13 bits per heavy atom. The van der Waals surface area contributed by atoms with Crippen molar-refractivity contribution in [2.45, 2.75) is 26.7 Å². The fourth-order valence-electron chi connectivity index (χ4n) is 1.90. The van der Waals surface area contributed by atoms with Gasteiger partial charge < -0.3 is 5.32 Å². The first-order valence-corrected chi connectivity index (χ1v) is 9.71. The number of benzene rings is 1. The van der Waals surface area contributed by atoms with E-state index in [1.807, 2.05) is 32.0 Å². The Labute approximate surface area is 144 Å². The quantitative estimate of drug-likeness (QED) is 0.739. The summed E-state index contributed by atoms with van der Waals surface area (Å²) in [6.45, 7) is 3.93. The molecule has 0 aliphatic carbocycles. The van der Waals surface area contributed by atoms with E-state index >= 15 is 0 Å². The van der Waals surface area contributed by atoms with Crippen molar-refractivity contribution in [2.24, 2.45) is 0 Å². The van der Waals surface area contributed by atoms with Gasteiger partial charge in [0.2, 0.25) is 10.0 Å². The number of halogens is 1. The number of hydrogen-bond donors (Lipinski definition) is 2. The van der Waals surface area contributed by atoms with Crippen LogP contribution in [0.1, 0.15) is 25.3 Å². The highest BCUT2D eigenvalue weighted by Gasteiger charge is 2.11. The van der Waals surface area contributed by atoms with E-state index in [1.165, 1.54) is 0 Å². The molecule has 0 spiro atoms. The molecule has 0 saturated heterocycles. The second-order valence-corrected chi connectivity index (χ2v) is 7.92. The molecule has 2 rings (SSSR count). The van der Waals surface area contributed by atoms with Crippen molar-refractivity contribution in [1.29, 1.82) is 0 Å². The predicted octanol–water partition coefficient (Wildman–Crippen LogP) is 3.83. The van der Waals surface area contributed by atoms with E-state index < -0.39 is 10.0 Å². The van der Waals surface area contributed by atoms with Gasteiger partial charge in [-0.1, -0.05) is 29.3 Å². The first-order valence-electron chi connectivity index (χ1n) is 7.27. The van der Waals surface area contributed by atoms with Gasteiger partial charge in [0.15, 0.2) is 11.6 Å². The van der Waals surface area contributed by atoms with Crippen LogP contribution >= 0.6 is 15.9 Å². The van der Waals surface area contributed by atoms with Crippen LogP contribution in [-0.2, 0) is 10.0 Å². The van der Waals surface area contributed by atoms with Crippen LogP contribution in [0.15, 0.2) is 34.8 Å². The van der Waals surface area contributed by atoms with Gasteiger partial charge in [-0.25, -0.2) is 8.42 Å². The zero-order valence-electron chi connectivity index (χ0n) is 13.0. The van der Waals surface area contributed by atoms with Crippen LogP contribution in [0.2, 0.25) is 0 Å². The minimum absolute atomic E-state index is 0.0866. The molecule has 1 aromatic carbocycles. The summed E-state index contributed by atoms with van der Waals surface area (Å²) < 4.78 is 27.1. The van der Waals surface area contributed by atoms with Crippen LogP contribution in [0.3, 0.4) is 0 Å². The zero-order valence-corrected chi connectivity index (χ0v) is 15.4. The monoisotopic (exact) mass is 398 g/mol. The van der Waals surface area contributed by atoms with Gasteiger partial charge in [-0.3, -0.25) is 4.72 Å². The number of anilines is 3. The van der Waals surface area contributed by atoms with Crippen molar-refractivity contribution in [3.05, 3.63) is 40.4 Å². The largest absolute Gasteiger partial charge is 0.339 e. The third-order valence-electron chi connectivity index (χ3n) is 3.14. The van der Waals surface area contributed by atoms with Crippen LogP contribution in [-0.4, -0.2) is 24.4 Å². The lowest BCUT2D eigenvalue weighted by atomic mass is 10.2. The highest BCUT2D eigenvalue weighted by atomic mass is 79.9. The minimum Gasteiger partial charge on any atom is -0.339 e. The van der Waals surface area contributed by atoms with Gasteiger partial charge in [-0.2, -0.15) is 0 Å². The summed E-state index contributed by atoms with van der Waals surface area (Å²) in [7, 11) is -3.36. The predicted molar refractivity (Wildman–Crippen MR) is 96.5 cm³/mol. The van der Waals surface area contributed by atoms with E-state index in [9.17, 15) is 8.42 Å². The van der Waals surface area contributed by atoms with Gasteiger partial charge in [0.25, 0.3) is 0 Å². The maximum absolute atomic E-state index is 11.8. The fourth-order valence-corrected chi connectivity index (χ4v) is 3.58. The molecule has 0 fully saturated rings. The van der Waals surface area contributed by atoms with Gasteiger partial charge in [-0.15, -0.1) is 10.2 Å². The average Bonchev–Trinajstić information content (AvgIpc) is 2.50. The number of rotatable bonds is 7. The SMILES string of the molecule is CCCCS(=O)(=O)Nc1ccc(Nc2ccc(Br)cc2C)nn1. The Bertz CT molecular complexity index is 764. The number of nitrogens with zero attached hydrogens (tertiary/aromatic N) is 2. The summed E-state index contributed by atoms with van der Waals surface area (Å²) >= 11 is 3.42. The number of aromatic nitrogens is 2. The minimum atomic E-state index is -3.36. The lowest BCUT2D eigenvalue weighted by Gasteiger charge is -2.10. The summed E-state index contributed by atoms with van der Waals surface area (Å²) in [5.74, 6) is 0.856. The molecule has 0 bridgehead atoms. The molecule has 0 aliphatic rings. The normalized spacial score (nSPS) is 11.3. The van der Waals surface area contributed by atoms with Crippen LogP contribution < -0.4 is 10.0 Å². The molecule has 2 N–H and O–H groups in total. The van der Waals surface area contributed by atoms with E-state index in [0.717, 1.165) is 22.1 Å². The number of nitrogens with one attached hydrogen (secondary N) is 2. The molecule has 1 heterocycles. The molecule has 2 aromatic rings. The number of unbranched alkanes of at least 4 members (excludes halogenated alkanes) is 1. The topological polar surface area (TPSA) is 84.0 Å². The Hall–Kier alpha value is -1.67. The fraction of sp³-hybridized carbons (Fsp3) is 0.333. The average molecular weight is 399 g/mol. The Morgan fingerprint density at radius 2 is 1.83 bits per heavy atom. The Kier molecular flexibility index (Phi) is 5.95. The molecule has 23 heavy (non-hydrogen) atoms. The molecular formula is C15H19BrN4O2S. The lowest BCUT2D eigenvalue weighted by molar-refractivity contribution is 0.597. The third-order valence-corrected chi connectivity index (χ3v) is 4.98. The van der Waals surface area contributed by atoms with Gasteiger partial charge in [0.1, 0.15) is 0 Å². The molecular weight excluding hydrogens is 380 g/mol. The zero-order chi connectivity index (χ0) is 16.9. The van der Waals surface area contributed by atoms with Crippen molar-refractivity contribution >= 4 is 43.3 Å². The Balaban J connectivity index is 2.05. The summed E-state index contributed by atoms with van der Waals surface area (Å²) in [5.41, 5.74) is 1.98. The van der Waals surface area contributed by atoms with E-state index in [1.54, 1.807) is 12.1 Å². The number of aryl methyl sites for hydroxylation is 1. The highest BCUT2D eigenvalue weighted by molar-refractivity contribution is 9.10. The van der Waals surface area contributed by atoms with Gasteiger partial charge >= 0.3 is 0 Å². The van der Waals surface area contributed by atoms with Gasteiger partial charge in [-0.05, 0) is 49.2 Å². The van der Waals surface area contributed by atoms with E-state index in [2.05, 4.69) is 36.2 Å². The van der Waals surface area contributed by atoms with E-state index in [4.69, 9.17) is 0 Å². The molecule has 0 radical (unpaired) electrons. The molecule has 124 valence electrons. The van der Waals surface area contributed by atoms with Crippen LogP contribution in [0.4, 0.5) is 17.3 Å².